The number of ether oxygens (including phenoxy) is 1. The number of rotatable bonds is 6. The third kappa shape index (κ3) is 3.79. The molecule has 0 saturated carbocycles. The molecular weight excluding hydrogens is 304 g/mol. The Morgan fingerprint density at radius 3 is 2.57 bits per heavy atom. The zero-order valence-corrected chi connectivity index (χ0v) is 12.7. The lowest BCUT2D eigenvalue weighted by Crippen LogP contribution is -2.51. The van der Waals surface area contributed by atoms with E-state index in [1.807, 2.05) is 0 Å². The minimum Gasteiger partial charge on any atom is -0.497 e. The van der Waals surface area contributed by atoms with Gasteiger partial charge < -0.3 is 24.9 Å². The minimum absolute atomic E-state index is 0.0534. The van der Waals surface area contributed by atoms with Gasteiger partial charge >= 0.3 is 6.09 Å². The van der Waals surface area contributed by atoms with Gasteiger partial charge in [-0.25, -0.2) is 14.8 Å². The Morgan fingerprint density at radius 2 is 2.04 bits per heavy atom. The highest BCUT2D eigenvalue weighted by Crippen LogP contribution is 2.25. The van der Waals surface area contributed by atoms with Gasteiger partial charge in [0.15, 0.2) is 0 Å². The number of β-amino-alcohol motifs (C(OH)–C–C–N with tert-alkyl or cyclic N) is 1. The van der Waals surface area contributed by atoms with E-state index in [1.54, 1.807) is 31.4 Å². The first-order valence-corrected chi connectivity index (χ1v) is 7.17. The first-order chi connectivity index (χ1) is 11.0. The number of hydrazine groups is 1. The third-order valence-electron chi connectivity index (χ3n) is 3.93. The molecule has 126 valence electrons. The number of amides is 1. The molecular formula is C15H20N2O6. The molecule has 8 nitrogen and oxygen atoms in total. The smallest absolute Gasteiger partial charge is 0.422 e. The molecule has 0 aliphatic carbocycles. The number of carbonyl (C=O) groups is 2. The molecule has 1 aromatic rings. The van der Waals surface area contributed by atoms with Gasteiger partial charge in [0, 0.05) is 6.54 Å². The summed E-state index contributed by atoms with van der Waals surface area (Å²) in [6, 6.07) is 6.49. The maximum absolute atomic E-state index is 11.3. The van der Waals surface area contributed by atoms with E-state index < -0.39 is 24.3 Å². The number of benzene rings is 1. The molecule has 0 bridgehead atoms. The summed E-state index contributed by atoms with van der Waals surface area (Å²) in [4.78, 5) is 22.0. The summed E-state index contributed by atoms with van der Waals surface area (Å²) in [6.07, 6.45) is -2.70. The predicted molar refractivity (Wildman–Crippen MR) is 80.0 cm³/mol. The first kappa shape index (κ1) is 17.2. The zero-order valence-electron chi connectivity index (χ0n) is 12.7. The molecule has 0 spiro atoms. The van der Waals surface area contributed by atoms with Crippen LogP contribution in [0.15, 0.2) is 24.3 Å². The fraction of sp³-hybridized carbons (Fsp3) is 0.467. The van der Waals surface area contributed by atoms with Crippen LogP contribution in [-0.4, -0.2) is 76.2 Å². The van der Waals surface area contributed by atoms with Gasteiger partial charge in [0.2, 0.25) is 0 Å². The van der Waals surface area contributed by atoms with Crippen molar-refractivity contribution in [3.63, 3.8) is 0 Å². The molecule has 1 aromatic carbocycles. The van der Waals surface area contributed by atoms with Gasteiger partial charge in [-0.15, -0.1) is 0 Å². The molecule has 3 N–H and O–H groups in total. The van der Waals surface area contributed by atoms with Gasteiger partial charge in [-0.3, -0.25) is 0 Å². The molecule has 1 fully saturated rings. The highest BCUT2D eigenvalue weighted by Gasteiger charge is 2.43. The fourth-order valence-electron chi connectivity index (χ4n) is 2.74. The van der Waals surface area contributed by atoms with Crippen molar-refractivity contribution in [1.29, 1.82) is 0 Å². The number of aliphatic hydroxyl groups excluding tert-OH is 2. The lowest BCUT2D eigenvalue weighted by Gasteiger charge is -2.33. The van der Waals surface area contributed by atoms with Crippen molar-refractivity contribution >= 4 is 12.4 Å². The van der Waals surface area contributed by atoms with Crippen LogP contribution in [0.5, 0.6) is 5.75 Å². The molecule has 1 heterocycles. The Hall–Kier alpha value is -2.16. The largest absolute Gasteiger partial charge is 0.497 e. The zero-order chi connectivity index (χ0) is 17.0. The van der Waals surface area contributed by atoms with Crippen LogP contribution in [0.2, 0.25) is 0 Å². The van der Waals surface area contributed by atoms with Crippen LogP contribution in [0, 0.1) is 0 Å². The molecule has 1 aliphatic rings. The lowest BCUT2D eigenvalue weighted by atomic mass is 10.0. The molecule has 0 radical (unpaired) electrons. The first-order valence-electron chi connectivity index (χ1n) is 7.17. The Morgan fingerprint density at radius 1 is 1.39 bits per heavy atom. The van der Waals surface area contributed by atoms with Crippen LogP contribution in [0.1, 0.15) is 5.56 Å². The van der Waals surface area contributed by atoms with Crippen LogP contribution in [0.4, 0.5) is 4.79 Å². The second-order valence-corrected chi connectivity index (χ2v) is 5.33. The van der Waals surface area contributed by atoms with E-state index in [4.69, 9.17) is 4.74 Å². The molecule has 1 amide bonds. The Balaban J connectivity index is 2.20. The SMILES string of the molecule is COc1ccc(C[C@@H]2[C@H](O)[C@@H](O)CN2N(CC=O)C(=O)O)cc1. The number of aldehydes is 1. The van der Waals surface area contributed by atoms with Gasteiger partial charge in [-0.2, -0.15) is 0 Å². The number of hydrogen-bond donors (Lipinski definition) is 3. The molecule has 3 atom stereocenters. The molecule has 0 unspecified atom stereocenters. The molecule has 0 aromatic heterocycles. The van der Waals surface area contributed by atoms with Crippen molar-refractivity contribution in [3.05, 3.63) is 29.8 Å². The average molecular weight is 324 g/mol. The van der Waals surface area contributed by atoms with Gasteiger partial charge in [0.05, 0.1) is 31.9 Å². The maximum atomic E-state index is 11.3. The van der Waals surface area contributed by atoms with E-state index in [2.05, 4.69) is 0 Å². The molecule has 8 heteroatoms. The van der Waals surface area contributed by atoms with Crippen molar-refractivity contribution in [2.24, 2.45) is 0 Å². The molecule has 1 aliphatic heterocycles. The van der Waals surface area contributed by atoms with E-state index in [-0.39, 0.29) is 13.1 Å². The van der Waals surface area contributed by atoms with Gasteiger partial charge in [0.25, 0.3) is 0 Å². The van der Waals surface area contributed by atoms with E-state index in [0.29, 0.717) is 18.5 Å². The highest BCUT2D eigenvalue weighted by molar-refractivity contribution is 5.68. The van der Waals surface area contributed by atoms with Crippen LogP contribution >= 0.6 is 0 Å². The van der Waals surface area contributed by atoms with Crippen molar-refractivity contribution in [3.8, 4) is 5.75 Å². The number of carboxylic acid groups (broad SMARTS) is 1. The lowest BCUT2D eigenvalue weighted by molar-refractivity contribution is -0.114. The van der Waals surface area contributed by atoms with E-state index >= 15 is 0 Å². The van der Waals surface area contributed by atoms with Crippen molar-refractivity contribution in [2.75, 3.05) is 20.2 Å². The summed E-state index contributed by atoms with van der Waals surface area (Å²) in [6.45, 7) is -0.407. The number of aliphatic hydroxyl groups is 2. The van der Waals surface area contributed by atoms with Gasteiger partial charge in [0.1, 0.15) is 12.0 Å². The normalized spacial score (nSPS) is 24.4. The van der Waals surface area contributed by atoms with E-state index in [9.17, 15) is 24.9 Å². The fourth-order valence-corrected chi connectivity index (χ4v) is 2.74. The Kier molecular flexibility index (Phi) is 5.54. The van der Waals surface area contributed by atoms with Crippen molar-refractivity contribution in [1.82, 2.24) is 10.0 Å². The van der Waals surface area contributed by atoms with Gasteiger partial charge in [-0.1, -0.05) is 12.1 Å². The summed E-state index contributed by atoms with van der Waals surface area (Å²) < 4.78 is 5.08. The maximum Gasteiger partial charge on any atom is 0.422 e. The van der Waals surface area contributed by atoms with E-state index in [1.165, 1.54) is 5.01 Å². The second-order valence-electron chi connectivity index (χ2n) is 5.33. The van der Waals surface area contributed by atoms with Crippen LogP contribution in [0.25, 0.3) is 0 Å². The third-order valence-corrected chi connectivity index (χ3v) is 3.93. The Bertz CT molecular complexity index is 549. The number of carbonyl (C=O) groups excluding carboxylic acids is 1. The van der Waals surface area contributed by atoms with Crippen molar-refractivity contribution < 1.29 is 29.6 Å². The van der Waals surface area contributed by atoms with Crippen LogP contribution in [0.3, 0.4) is 0 Å². The highest BCUT2D eigenvalue weighted by atomic mass is 16.5. The predicted octanol–water partition coefficient (Wildman–Crippen LogP) is -0.262. The van der Waals surface area contributed by atoms with Crippen molar-refractivity contribution in [2.45, 2.75) is 24.7 Å². The summed E-state index contributed by atoms with van der Waals surface area (Å²) in [7, 11) is 1.55. The molecule has 1 saturated heterocycles. The second kappa shape index (κ2) is 7.40. The Labute approximate surface area is 133 Å². The quantitative estimate of drug-likeness (QED) is 0.618. The number of nitrogens with zero attached hydrogens (tertiary/aromatic N) is 2. The minimum atomic E-state index is -1.31. The number of methoxy groups -OCH3 is 1. The standard InChI is InChI=1S/C15H20N2O6/c1-23-11-4-2-10(3-5-11)8-12-14(20)13(19)9-17(12)16(6-7-18)15(21)22/h2-5,7,12-14,19-20H,6,8-9H2,1H3,(H,21,22)/t12-,13+,14+/m1/s1. The van der Waals surface area contributed by atoms with Crippen LogP contribution < -0.4 is 4.74 Å². The van der Waals surface area contributed by atoms with Crippen LogP contribution in [-0.2, 0) is 11.2 Å². The topological polar surface area (TPSA) is 111 Å². The summed E-state index contributed by atoms with van der Waals surface area (Å²) in [5.41, 5.74) is 0.852. The summed E-state index contributed by atoms with van der Waals surface area (Å²) >= 11 is 0. The molecule has 2 rings (SSSR count). The van der Waals surface area contributed by atoms with E-state index in [0.717, 1.165) is 10.6 Å². The van der Waals surface area contributed by atoms with Gasteiger partial charge in [-0.05, 0) is 24.1 Å². The molecule has 23 heavy (non-hydrogen) atoms. The number of hydrogen-bond acceptors (Lipinski definition) is 6. The monoisotopic (exact) mass is 324 g/mol. The average Bonchev–Trinajstić information content (AvgIpc) is 2.81. The summed E-state index contributed by atoms with van der Waals surface area (Å²) in [5, 5.41) is 31.4. The summed E-state index contributed by atoms with van der Waals surface area (Å²) in [5.74, 6) is 0.686.